The fourth-order valence-electron chi connectivity index (χ4n) is 1.58. The van der Waals surface area contributed by atoms with Gasteiger partial charge < -0.3 is 14.8 Å². The molecule has 0 amide bonds. The second-order valence-electron chi connectivity index (χ2n) is 4.32. The molecule has 4 heteroatoms. The second-order valence-corrected chi connectivity index (χ2v) is 4.32. The van der Waals surface area contributed by atoms with Crippen LogP contribution in [0.25, 0.3) is 0 Å². The number of rotatable bonds is 6. The fraction of sp³-hybridized carbons (Fsp3) is 0.500. The van der Waals surface area contributed by atoms with Gasteiger partial charge in [-0.25, -0.2) is 4.79 Å². The molecule has 0 aliphatic rings. The zero-order valence-electron chi connectivity index (χ0n) is 11.4. The molecule has 0 bridgehead atoms. The number of hydrogen-bond donors (Lipinski definition) is 1. The molecule has 0 heterocycles. The number of ether oxygens (including phenoxy) is 2. The minimum atomic E-state index is -0.586. The molecule has 0 radical (unpaired) electrons. The molecule has 2 unspecified atom stereocenters. The van der Waals surface area contributed by atoms with E-state index in [2.05, 4.69) is 17.0 Å². The van der Waals surface area contributed by atoms with Gasteiger partial charge in [-0.1, -0.05) is 12.1 Å². The number of hydrogen-bond acceptors (Lipinski definition) is 4. The molecule has 18 heavy (non-hydrogen) atoms. The summed E-state index contributed by atoms with van der Waals surface area (Å²) >= 11 is 0. The molecule has 0 spiro atoms. The third-order valence-corrected chi connectivity index (χ3v) is 2.80. The largest absolute Gasteiger partial charge is 0.479 e. The highest BCUT2D eigenvalue weighted by Gasteiger charge is 2.14. The third-order valence-electron chi connectivity index (χ3n) is 2.80. The molecule has 1 aromatic rings. The highest BCUT2D eigenvalue weighted by molar-refractivity contribution is 5.74. The maximum absolute atomic E-state index is 11.2. The summed E-state index contributed by atoms with van der Waals surface area (Å²) in [5.41, 5.74) is 1.23. The molecule has 1 aromatic carbocycles. The number of benzene rings is 1. The van der Waals surface area contributed by atoms with Crippen molar-refractivity contribution in [2.24, 2.45) is 0 Å². The van der Waals surface area contributed by atoms with Gasteiger partial charge >= 0.3 is 5.97 Å². The first-order valence-electron chi connectivity index (χ1n) is 6.07. The Kier molecular flexibility index (Phi) is 5.65. The van der Waals surface area contributed by atoms with E-state index in [1.54, 1.807) is 6.92 Å². The molecule has 1 N–H and O–H groups in total. The third kappa shape index (κ3) is 4.37. The van der Waals surface area contributed by atoms with Gasteiger partial charge in [-0.15, -0.1) is 0 Å². The minimum absolute atomic E-state index is 0.372. The molecule has 0 aliphatic heterocycles. The van der Waals surface area contributed by atoms with Crippen molar-refractivity contribution in [1.29, 1.82) is 0 Å². The van der Waals surface area contributed by atoms with Crippen LogP contribution in [0, 0.1) is 0 Å². The van der Waals surface area contributed by atoms with Gasteiger partial charge in [0.15, 0.2) is 6.10 Å². The van der Waals surface area contributed by atoms with Gasteiger partial charge in [0.25, 0.3) is 0 Å². The Morgan fingerprint density at radius 1 is 1.28 bits per heavy atom. The molecular formula is C14H21NO3. The fourth-order valence-corrected chi connectivity index (χ4v) is 1.58. The number of methoxy groups -OCH3 is 1. The Morgan fingerprint density at radius 2 is 1.89 bits per heavy atom. The molecule has 4 nitrogen and oxygen atoms in total. The first-order valence-corrected chi connectivity index (χ1v) is 6.07. The standard InChI is InChI=1S/C14H21NO3/c1-10(15-3)9-12-5-7-13(8-6-12)18-11(2)14(16)17-4/h5-8,10-11,15H,9H2,1-4H3. The predicted octanol–water partition coefficient (Wildman–Crippen LogP) is 1.78. The van der Waals surface area contributed by atoms with Crippen LogP contribution < -0.4 is 10.1 Å². The second kappa shape index (κ2) is 7.01. The molecule has 2 atom stereocenters. The van der Waals surface area contributed by atoms with Crippen molar-refractivity contribution in [2.75, 3.05) is 14.2 Å². The van der Waals surface area contributed by atoms with Gasteiger partial charge in [0.05, 0.1) is 7.11 Å². The number of carbonyl (C=O) groups is 1. The summed E-state index contributed by atoms with van der Waals surface area (Å²) in [4.78, 5) is 11.2. The van der Waals surface area contributed by atoms with E-state index in [1.807, 2.05) is 31.3 Å². The Morgan fingerprint density at radius 3 is 2.39 bits per heavy atom. The van der Waals surface area contributed by atoms with Gasteiger partial charge in [0.1, 0.15) is 5.75 Å². The number of esters is 1. The van der Waals surface area contributed by atoms with Crippen LogP contribution in [0.3, 0.4) is 0 Å². The molecule has 0 saturated heterocycles. The molecular weight excluding hydrogens is 230 g/mol. The van der Waals surface area contributed by atoms with Crippen molar-refractivity contribution in [2.45, 2.75) is 32.4 Å². The van der Waals surface area contributed by atoms with Crippen LogP contribution in [-0.2, 0) is 16.0 Å². The Hall–Kier alpha value is -1.55. The van der Waals surface area contributed by atoms with E-state index in [9.17, 15) is 4.79 Å². The van der Waals surface area contributed by atoms with E-state index in [1.165, 1.54) is 12.7 Å². The summed E-state index contributed by atoms with van der Waals surface area (Å²) in [7, 11) is 3.30. The van der Waals surface area contributed by atoms with Crippen molar-refractivity contribution < 1.29 is 14.3 Å². The van der Waals surface area contributed by atoms with Crippen LogP contribution in [0.2, 0.25) is 0 Å². The van der Waals surface area contributed by atoms with Crippen molar-refractivity contribution in [1.82, 2.24) is 5.32 Å². The maximum atomic E-state index is 11.2. The summed E-state index contributed by atoms with van der Waals surface area (Å²) in [6, 6.07) is 8.19. The van der Waals surface area contributed by atoms with Gasteiger partial charge in [-0.3, -0.25) is 0 Å². The molecule has 0 aromatic heterocycles. The normalized spacial score (nSPS) is 13.8. The van der Waals surface area contributed by atoms with E-state index < -0.39 is 6.10 Å². The summed E-state index contributed by atoms with van der Waals surface area (Å²) in [5, 5.41) is 3.19. The first kappa shape index (κ1) is 14.5. The lowest BCUT2D eigenvalue weighted by molar-refractivity contribution is -0.147. The minimum Gasteiger partial charge on any atom is -0.479 e. The average molecular weight is 251 g/mol. The SMILES string of the molecule is CNC(C)Cc1ccc(OC(C)C(=O)OC)cc1. The van der Waals surface area contributed by atoms with E-state index in [-0.39, 0.29) is 5.97 Å². The van der Waals surface area contributed by atoms with Crippen molar-refractivity contribution in [3.05, 3.63) is 29.8 Å². The van der Waals surface area contributed by atoms with Crippen LogP contribution in [0.15, 0.2) is 24.3 Å². The van der Waals surface area contributed by atoms with Crippen molar-refractivity contribution in [3.8, 4) is 5.75 Å². The summed E-state index contributed by atoms with van der Waals surface area (Å²) < 4.78 is 10.1. The van der Waals surface area contributed by atoms with Gasteiger partial charge in [-0.2, -0.15) is 0 Å². The van der Waals surface area contributed by atoms with E-state index in [0.717, 1.165) is 6.42 Å². The zero-order valence-corrected chi connectivity index (χ0v) is 11.4. The summed E-state index contributed by atoms with van der Waals surface area (Å²) in [6.45, 7) is 3.80. The van der Waals surface area contributed by atoms with Crippen LogP contribution in [0.1, 0.15) is 19.4 Å². The molecule has 0 aliphatic carbocycles. The topological polar surface area (TPSA) is 47.6 Å². The highest BCUT2D eigenvalue weighted by Crippen LogP contribution is 2.15. The number of nitrogens with one attached hydrogen (secondary N) is 1. The number of likely N-dealkylation sites (N-methyl/N-ethyl adjacent to an activating group) is 1. The molecule has 100 valence electrons. The van der Waals surface area contributed by atoms with Crippen molar-refractivity contribution >= 4 is 5.97 Å². The summed E-state index contributed by atoms with van der Waals surface area (Å²) in [5.74, 6) is 0.302. The molecule has 0 fully saturated rings. The molecule has 0 saturated carbocycles. The molecule has 1 rings (SSSR count). The quantitative estimate of drug-likeness (QED) is 0.783. The van der Waals surface area contributed by atoms with Gasteiger partial charge in [0, 0.05) is 6.04 Å². The predicted molar refractivity (Wildman–Crippen MR) is 70.8 cm³/mol. The average Bonchev–Trinajstić information content (AvgIpc) is 2.39. The van der Waals surface area contributed by atoms with Crippen molar-refractivity contribution in [3.63, 3.8) is 0 Å². The Balaban J connectivity index is 2.57. The van der Waals surface area contributed by atoms with Crippen LogP contribution >= 0.6 is 0 Å². The first-order chi connectivity index (χ1) is 8.56. The van der Waals surface area contributed by atoms with Crippen LogP contribution in [-0.4, -0.2) is 32.3 Å². The van der Waals surface area contributed by atoms with Crippen LogP contribution in [0.4, 0.5) is 0 Å². The van der Waals surface area contributed by atoms with E-state index >= 15 is 0 Å². The van der Waals surface area contributed by atoms with Crippen LogP contribution in [0.5, 0.6) is 5.75 Å². The van der Waals surface area contributed by atoms with E-state index in [4.69, 9.17) is 4.74 Å². The lowest BCUT2D eigenvalue weighted by Gasteiger charge is -2.13. The highest BCUT2D eigenvalue weighted by atomic mass is 16.6. The number of carbonyl (C=O) groups excluding carboxylic acids is 1. The Bertz CT molecular complexity index is 375. The summed E-state index contributed by atoms with van der Waals surface area (Å²) in [6.07, 6.45) is 0.376. The maximum Gasteiger partial charge on any atom is 0.346 e. The smallest absolute Gasteiger partial charge is 0.346 e. The lowest BCUT2D eigenvalue weighted by atomic mass is 10.1. The van der Waals surface area contributed by atoms with Gasteiger partial charge in [0.2, 0.25) is 0 Å². The van der Waals surface area contributed by atoms with E-state index in [0.29, 0.717) is 11.8 Å². The Labute approximate surface area is 108 Å². The zero-order chi connectivity index (χ0) is 13.5. The monoisotopic (exact) mass is 251 g/mol. The van der Waals surface area contributed by atoms with Gasteiger partial charge in [-0.05, 0) is 45.0 Å². The lowest BCUT2D eigenvalue weighted by Crippen LogP contribution is -2.25.